The summed E-state index contributed by atoms with van der Waals surface area (Å²) < 4.78 is 54.3. The molecule has 0 aliphatic carbocycles. The lowest BCUT2D eigenvalue weighted by Crippen LogP contribution is -2.37. The van der Waals surface area contributed by atoms with Gasteiger partial charge in [0.2, 0.25) is 17.8 Å². The van der Waals surface area contributed by atoms with Crippen LogP contribution in [0.5, 0.6) is 0 Å². The average Bonchev–Trinajstić information content (AvgIpc) is 3.53. The molecule has 4 aliphatic heterocycles. The minimum absolute atomic E-state index is 0.0946. The van der Waals surface area contributed by atoms with Gasteiger partial charge in [-0.3, -0.25) is 9.59 Å². The summed E-state index contributed by atoms with van der Waals surface area (Å²) >= 11 is 0. The fourth-order valence-electron chi connectivity index (χ4n) is 4.27. The average molecular weight is 558 g/mol. The van der Waals surface area contributed by atoms with Gasteiger partial charge in [-0.05, 0) is 20.8 Å². The maximum absolute atomic E-state index is 12.4. The highest BCUT2D eigenvalue weighted by molar-refractivity contribution is 5.92. The predicted octanol–water partition coefficient (Wildman–Crippen LogP) is 0.607. The Balaban J connectivity index is 1.43. The Kier molecular flexibility index (Phi) is 7.80. The van der Waals surface area contributed by atoms with Crippen molar-refractivity contribution in [1.29, 1.82) is 0 Å². The van der Waals surface area contributed by atoms with E-state index in [0.717, 1.165) is 6.92 Å². The molecule has 2 fully saturated rings. The Morgan fingerprint density at radius 2 is 1.56 bits per heavy atom. The van der Waals surface area contributed by atoms with E-state index in [0.29, 0.717) is 0 Å². The smallest absolute Gasteiger partial charge is 0.378 e. The SMILES string of the molecule is CC(=O)OC1=C(OC(C)OC(C)=O)C(C2COC(C)(COC3=C(O)C(C4COC(C)(C)O4)OC3=O)O2)OC1=O. The summed E-state index contributed by atoms with van der Waals surface area (Å²) in [4.78, 5) is 47.6. The van der Waals surface area contributed by atoms with Gasteiger partial charge in [0.1, 0.15) is 18.8 Å². The van der Waals surface area contributed by atoms with E-state index in [1.165, 1.54) is 20.8 Å². The Hall–Kier alpha value is -3.40. The van der Waals surface area contributed by atoms with Crippen molar-refractivity contribution in [3.8, 4) is 0 Å². The van der Waals surface area contributed by atoms with E-state index in [4.69, 9.17) is 47.4 Å². The van der Waals surface area contributed by atoms with E-state index in [1.807, 2.05) is 0 Å². The number of carbonyl (C=O) groups excluding carboxylic acids is 4. The standard InChI is InChI=1S/C24H30O15/c1-10(25)33-12(3)35-19-17(37-22(29)20(19)34-11(2)26)14-8-32-24(6,39-14)9-30-18-15(27)16(36-21(18)28)13-7-31-23(4,5)38-13/h12-14,16-17,27H,7-9H2,1-6H3. The summed E-state index contributed by atoms with van der Waals surface area (Å²) in [7, 11) is 0. The summed E-state index contributed by atoms with van der Waals surface area (Å²) in [6.45, 7) is 8.09. The second kappa shape index (κ2) is 10.6. The number of aliphatic hydroxyl groups excluding tert-OH is 1. The molecule has 6 atom stereocenters. The molecule has 15 nitrogen and oxygen atoms in total. The lowest BCUT2D eigenvalue weighted by molar-refractivity contribution is -0.197. The molecular weight excluding hydrogens is 528 g/mol. The van der Waals surface area contributed by atoms with E-state index < -0.39 is 83.4 Å². The van der Waals surface area contributed by atoms with Gasteiger partial charge in [-0.1, -0.05) is 0 Å². The molecule has 0 saturated carbocycles. The normalized spacial score (nSPS) is 32.7. The van der Waals surface area contributed by atoms with E-state index in [2.05, 4.69) is 0 Å². The number of esters is 4. The first-order valence-electron chi connectivity index (χ1n) is 12.1. The van der Waals surface area contributed by atoms with Gasteiger partial charge >= 0.3 is 23.9 Å². The number of hydrogen-bond acceptors (Lipinski definition) is 15. The van der Waals surface area contributed by atoms with Crippen molar-refractivity contribution < 1.29 is 71.7 Å². The van der Waals surface area contributed by atoms with Crippen LogP contribution in [0.3, 0.4) is 0 Å². The van der Waals surface area contributed by atoms with Crippen molar-refractivity contribution in [2.75, 3.05) is 19.8 Å². The van der Waals surface area contributed by atoms with Crippen LogP contribution in [0.1, 0.15) is 41.5 Å². The molecule has 2 saturated heterocycles. The van der Waals surface area contributed by atoms with Crippen LogP contribution in [-0.2, 0) is 66.5 Å². The lowest BCUT2D eigenvalue weighted by Gasteiger charge is -2.25. The summed E-state index contributed by atoms with van der Waals surface area (Å²) in [5, 5.41) is 10.6. The van der Waals surface area contributed by atoms with Crippen LogP contribution in [0.25, 0.3) is 0 Å². The zero-order valence-corrected chi connectivity index (χ0v) is 22.2. The number of rotatable bonds is 9. The summed E-state index contributed by atoms with van der Waals surface area (Å²) in [5.41, 5.74) is 0. The highest BCUT2D eigenvalue weighted by Crippen LogP contribution is 2.37. The molecule has 0 aromatic heterocycles. The van der Waals surface area contributed by atoms with Gasteiger partial charge in [0.15, 0.2) is 29.5 Å². The molecule has 0 spiro atoms. The number of hydrogen-bond donors (Lipinski definition) is 1. The topological polar surface area (TPSA) is 181 Å². The molecule has 0 aromatic carbocycles. The van der Waals surface area contributed by atoms with Gasteiger partial charge in [0.05, 0.1) is 13.2 Å². The molecule has 216 valence electrons. The molecular formula is C24H30O15. The zero-order chi connectivity index (χ0) is 28.7. The van der Waals surface area contributed by atoms with Gasteiger partial charge in [-0.25, -0.2) is 9.59 Å². The number of aliphatic hydroxyl groups is 1. The van der Waals surface area contributed by atoms with Crippen LogP contribution < -0.4 is 0 Å². The zero-order valence-electron chi connectivity index (χ0n) is 22.2. The molecule has 1 N–H and O–H groups in total. The largest absolute Gasteiger partial charge is 0.505 e. The molecule has 6 unspecified atom stereocenters. The molecule has 0 aromatic rings. The maximum atomic E-state index is 12.4. The third kappa shape index (κ3) is 6.27. The first-order chi connectivity index (χ1) is 18.2. The van der Waals surface area contributed by atoms with Crippen LogP contribution in [0.2, 0.25) is 0 Å². The van der Waals surface area contributed by atoms with Crippen molar-refractivity contribution in [3.05, 3.63) is 23.0 Å². The first-order valence-corrected chi connectivity index (χ1v) is 12.1. The molecule has 4 heterocycles. The lowest BCUT2D eigenvalue weighted by atomic mass is 10.2. The van der Waals surface area contributed by atoms with Crippen molar-refractivity contribution in [1.82, 2.24) is 0 Å². The second-order valence-electron chi connectivity index (χ2n) is 9.71. The summed E-state index contributed by atoms with van der Waals surface area (Å²) in [6, 6.07) is 0. The van der Waals surface area contributed by atoms with Crippen LogP contribution in [0.4, 0.5) is 0 Å². The highest BCUT2D eigenvalue weighted by Gasteiger charge is 2.52. The van der Waals surface area contributed by atoms with E-state index in [9.17, 15) is 24.3 Å². The minimum atomic E-state index is -1.48. The molecule has 0 radical (unpaired) electrons. The van der Waals surface area contributed by atoms with Gasteiger partial charge in [-0.2, -0.15) is 0 Å². The van der Waals surface area contributed by atoms with Crippen LogP contribution >= 0.6 is 0 Å². The molecule has 0 amide bonds. The Labute approximate surface area is 222 Å². The van der Waals surface area contributed by atoms with Crippen LogP contribution in [-0.4, -0.2) is 91.1 Å². The Morgan fingerprint density at radius 3 is 2.18 bits per heavy atom. The van der Waals surface area contributed by atoms with Gasteiger partial charge < -0.3 is 52.5 Å². The van der Waals surface area contributed by atoms with E-state index >= 15 is 0 Å². The molecule has 4 aliphatic rings. The Bertz CT molecular complexity index is 1110. The highest BCUT2D eigenvalue weighted by atomic mass is 16.8. The van der Waals surface area contributed by atoms with Gasteiger partial charge in [0, 0.05) is 20.8 Å². The van der Waals surface area contributed by atoms with Crippen molar-refractivity contribution in [2.45, 2.75) is 83.8 Å². The summed E-state index contributed by atoms with van der Waals surface area (Å²) in [6.07, 6.45) is -5.21. The molecule has 4 rings (SSSR count). The van der Waals surface area contributed by atoms with E-state index in [-0.39, 0.29) is 25.6 Å². The first kappa shape index (κ1) is 28.6. The van der Waals surface area contributed by atoms with Crippen LogP contribution in [0.15, 0.2) is 23.0 Å². The molecule has 15 heteroatoms. The van der Waals surface area contributed by atoms with Crippen LogP contribution in [0, 0.1) is 0 Å². The fourth-order valence-corrected chi connectivity index (χ4v) is 4.27. The molecule has 39 heavy (non-hydrogen) atoms. The molecule has 0 bridgehead atoms. The monoisotopic (exact) mass is 558 g/mol. The quantitative estimate of drug-likeness (QED) is 0.236. The minimum Gasteiger partial charge on any atom is -0.505 e. The maximum Gasteiger partial charge on any atom is 0.378 e. The van der Waals surface area contributed by atoms with Gasteiger partial charge in [-0.15, -0.1) is 0 Å². The number of cyclic esters (lactones) is 2. The van der Waals surface area contributed by atoms with Gasteiger partial charge in [0.25, 0.3) is 5.76 Å². The summed E-state index contributed by atoms with van der Waals surface area (Å²) in [5.74, 6) is -7.38. The Morgan fingerprint density at radius 1 is 0.949 bits per heavy atom. The second-order valence-corrected chi connectivity index (χ2v) is 9.71. The number of carbonyl (C=O) groups is 4. The fraction of sp³-hybridized carbons (Fsp3) is 0.667. The van der Waals surface area contributed by atoms with E-state index in [1.54, 1.807) is 13.8 Å². The van der Waals surface area contributed by atoms with Crippen molar-refractivity contribution in [2.24, 2.45) is 0 Å². The third-order valence-electron chi connectivity index (χ3n) is 5.83. The number of ether oxygens (including phenoxy) is 10. The third-order valence-corrected chi connectivity index (χ3v) is 5.83. The predicted molar refractivity (Wildman–Crippen MR) is 121 cm³/mol. The van der Waals surface area contributed by atoms with Crippen molar-refractivity contribution >= 4 is 23.9 Å². The van der Waals surface area contributed by atoms with Crippen molar-refractivity contribution in [3.63, 3.8) is 0 Å².